The summed E-state index contributed by atoms with van der Waals surface area (Å²) >= 11 is 1.81. The first-order chi connectivity index (χ1) is 7.84. The van der Waals surface area contributed by atoms with Crippen LogP contribution < -0.4 is 10.8 Å². The van der Waals surface area contributed by atoms with Crippen molar-refractivity contribution in [2.45, 2.75) is 10.3 Å². The largest absolute Gasteiger partial charge is 0.369 e. The van der Waals surface area contributed by atoms with Gasteiger partial charge in [-0.2, -0.15) is 0 Å². The molecule has 0 spiro atoms. The summed E-state index contributed by atoms with van der Waals surface area (Å²) in [6, 6.07) is 16.4. The molecule has 0 amide bonds. The molecule has 1 heterocycles. The minimum absolute atomic E-state index is 0.279. The smallest absolute Gasteiger partial charge is 0.116 e. The lowest BCUT2D eigenvalue weighted by Gasteiger charge is -2.10. The summed E-state index contributed by atoms with van der Waals surface area (Å²) in [6.45, 7) is 0. The Bertz CT molecular complexity index is 513. The third-order valence-corrected chi connectivity index (χ3v) is 3.90. The van der Waals surface area contributed by atoms with E-state index in [-0.39, 0.29) is 5.37 Å². The predicted molar refractivity (Wildman–Crippen MR) is 70.5 cm³/mol. The van der Waals surface area contributed by atoms with Gasteiger partial charge < -0.3 is 5.32 Å². The van der Waals surface area contributed by atoms with E-state index in [2.05, 4.69) is 35.6 Å². The number of fused-ring (bicyclic) bond motifs is 1. The monoisotopic (exact) mass is 223 g/mol. The summed E-state index contributed by atoms with van der Waals surface area (Å²) in [5.41, 5.74) is 3.17. The van der Waals surface area contributed by atoms with Crippen LogP contribution in [0.15, 0.2) is 53.4 Å². The maximum Gasteiger partial charge on any atom is 0.116 e. The molecule has 3 rings (SSSR count). The highest BCUT2D eigenvalue weighted by Crippen LogP contribution is 2.45. The van der Waals surface area contributed by atoms with Gasteiger partial charge in [0.1, 0.15) is 13.2 Å². The van der Waals surface area contributed by atoms with Gasteiger partial charge in [0.05, 0.1) is 0 Å². The fourth-order valence-electron chi connectivity index (χ4n) is 1.87. The van der Waals surface area contributed by atoms with Gasteiger partial charge in [0, 0.05) is 10.6 Å². The molecule has 1 unspecified atom stereocenters. The lowest BCUT2D eigenvalue weighted by molar-refractivity contribution is 1.14. The number of nitrogens with one attached hydrogen (secondary N) is 1. The molecule has 1 aliphatic rings. The fraction of sp³-hybridized carbons (Fsp3) is 0.0769. The molecule has 0 aromatic heterocycles. The van der Waals surface area contributed by atoms with Gasteiger partial charge in [0.15, 0.2) is 0 Å². The van der Waals surface area contributed by atoms with Crippen molar-refractivity contribution < 1.29 is 0 Å². The number of para-hydroxylation sites is 1. The molecule has 0 aliphatic carbocycles. The first-order valence-corrected chi connectivity index (χ1v) is 6.09. The summed E-state index contributed by atoms with van der Waals surface area (Å²) in [5.74, 6) is 0. The molecule has 16 heavy (non-hydrogen) atoms. The molecule has 0 saturated carbocycles. The molecule has 1 N–H and O–H groups in total. The Hall–Kier alpha value is -1.35. The molecule has 2 aromatic carbocycles. The highest BCUT2D eigenvalue weighted by Gasteiger charge is 2.23. The fourth-order valence-corrected chi connectivity index (χ4v) is 3.04. The quantitative estimate of drug-likeness (QED) is 0.746. The van der Waals surface area contributed by atoms with Crippen molar-refractivity contribution in [3.05, 3.63) is 54.1 Å². The van der Waals surface area contributed by atoms with Gasteiger partial charge in [-0.05, 0) is 11.6 Å². The maximum atomic E-state index is 5.94. The van der Waals surface area contributed by atoms with Crippen molar-refractivity contribution in [2.75, 3.05) is 5.32 Å². The summed E-state index contributed by atoms with van der Waals surface area (Å²) < 4.78 is 0. The van der Waals surface area contributed by atoms with E-state index < -0.39 is 0 Å². The van der Waals surface area contributed by atoms with Crippen LogP contribution in [0, 0.1) is 0 Å². The zero-order valence-electron chi connectivity index (χ0n) is 8.68. The molecular weight excluding hydrogens is 213 g/mol. The average molecular weight is 223 g/mol. The summed E-state index contributed by atoms with van der Waals surface area (Å²) in [6.07, 6.45) is 0. The van der Waals surface area contributed by atoms with E-state index in [1.54, 1.807) is 0 Å². The Morgan fingerprint density at radius 2 is 1.81 bits per heavy atom. The van der Waals surface area contributed by atoms with Crippen molar-refractivity contribution in [2.24, 2.45) is 0 Å². The molecule has 2 radical (unpaired) electrons. The molecule has 1 nitrogen and oxygen atoms in total. The Morgan fingerprint density at radius 3 is 2.56 bits per heavy atom. The van der Waals surface area contributed by atoms with Crippen LogP contribution in [0.5, 0.6) is 0 Å². The summed E-state index contributed by atoms with van der Waals surface area (Å²) in [4.78, 5) is 1.23. The first kappa shape index (κ1) is 9.85. The third kappa shape index (κ3) is 1.61. The predicted octanol–water partition coefficient (Wildman–Crippen LogP) is 2.70. The number of rotatable bonds is 1. The SMILES string of the molecule is [B]c1cccc2c1NC(c1ccccc1)S2. The van der Waals surface area contributed by atoms with Gasteiger partial charge in [-0.1, -0.05) is 59.7 Å². The van der Waals surface area contributed by atoms with Crippen LogP contribution in [0.2, 0.25) is 0 Å². The molecular formula is C13H10BNS. The lowest BCUT2D eigenvalue weighted by atomic mass is 9.94. The normalized spacial score (nSPS) is 17.9. The highest BCUT2D eigenvalue weighted by molar-refractivity contribution is 8.00. The molecule has 0 bridgehead atoms. The minimum Gasteiger partial charge on any atom is -0.369 e. The molecule has 0 saturated heterocycles. The van der Waals surface area contributed by atoms with Gasteiger partial charge in [0.2, 0.25) is 0 Å². The number of benzene rings is 2. The van der Waals surface area contributed by atoms with Crippen molar-refractivity contribution in [1.29, 1.82) is 0 Å². The lowest BCUT2D eigenvalue weighted by Crippen LogP contribution is -2.10. The minimum atomic E-state index is 0.279. The number of thioether (sulfide) groups is 1. The van der Waals surface area contributed by atoms with Crippen LogP contribution in [0.4, 0.5) is 5.69 Å². The topological polar surface area (TPSA) is 12.0 Å². The van der Waals surface area contributed by atoms with Crippen molar-refractivity contribution in [3.63, 3.8) is 0 Å². The van der Waals surface area contributed by atoms with Crippen molar-refractivity contribution >= 4 is 30.8 Å². The standard InChI is InChI=1S/C13H10BNS/c14-10-7-4-8-11-12(10)15-13(16-11)9-5-2-1-3-6-9/h1-8,13,15H. The zero-order valence-corrected chi connectivity index (χ0v) is 9.50. The van der Waals surface area contributed by atoms with E-state index in [1.165, 1.54) is 10.5 Å². The number of hydrogen-bond acceptors (Lipinski definition) is 2. The molecule has 1 aliphatic heterocycles. The van der Waals surface area contributed by atoms with E-state index in [9.17, 15) is 0 Å². The van der Waals surface area contributed by atoms with E-state index >= 15 is 0 Å². The summed E-state index contributed by atoms with van der Waals surface area (Å²) in [5, 5.41) is 3.74. The third-order valence-electron chi connectivity index (χ3n) is 2.68. The highest BCUT2D eigenvalue weighted by atomic mass is 32.2. The molecule has 2 aromatic rings. The van der Waals surface area contributed by atoms with Gasteiger partial charge in [-0.25, -0.2) is 0 Å². The van der Waals surface area contributed by atoms with Gasteiger partial charge in [0.25, 0.3) is 0 Å². The zero-order chi connectivity index (χ0) is 11.0. The average Bonchev–Trinajstić information content (AvgIpc) is 2.76. The summed E-state index contributed by atoms with van der Waals surface area (Å²) in [7, 11) is 5.94. The van der Waals surface area contributed by atoms with E-state index in [4.69, 9.17) is 7.85 Å². The van der Waals surface area contributed by atoms with Gasteiger partial charge in [-0.15, -0.1) is 0 Å². The second kappa shape index (κ2) is 3.91. The second-order valence-electron chi connectivity index (χ2n) is 3.77. The van der Waals surface area contributed by atoms with Crippen LogP contribution in [0.25, 0.3) is 0 Å². The Kier molecular flexibility index (Phi) is 2.41. The van der Waals surface area contributed by atoms with Gasteiger partial charge >= 0.3 is 0 Å². The van der Waals surface area contributed by atoms with Crippen LogP contribution in [0.1, 0.15) is 10.9 Å². The van der Waals surface area contributed by atoms with Crippen LogP contribution in [-0.4, -0.2) is 7.85 Å². The van der Waals surface area contributed by atoms with E-state index in [1.807, 2.05) is 30.0 Å². The van der Waals surface area contributed by atoms with E-state index in [0.717, 1.165) is 11.2 Å². The van der Waals surface area contributed by atoms with Crippen molar-refractivity contribution in [1.82, 2.24) is 0 Å². The number of hydrogen-bond donors (Lipinski definition) is 1. The van der Waals surface area contributed by atoms with Crippen molar-refractivity contribution in [3.8, 4) is 0 Å². The first-order valence-electron chi connectivity index (χ1n) is 5.21. The van der Waals surface area contributed by atoms with Crippen LogP contribution in [-0.2, 0) is 0 Å². The Balaban J connectivity index is 1.94. The van der Waals surface area contributed by atoms with Crippen LogP contribution >= 0.6 is 11.8 Å². The Labute approximate surface area is 101 Å². The molecule has 1 atom stereocenters. The molecule has 3 heteroatoms. The maximum absolute atomic E-state index is 5.94. The molecule has 76 valence electrons. The van der Waals surface area contributed by atoms with Crippen LogP contribution in [0.3, 0.4) is 0 Å². The number of anilines is 1. The van der Waals surface area contributed by atoms with Gasteiger partial charge in [-0.3, -0.25) is 0 Å². The molecule has 0 fully saturated rings. The second-order valence-corrected chi connectivity index (χ2v) is 4.92. The van der Waals surface area contributed by atoms with E-state index in [0.29, 0.717) is 0 Å². The Morgan fingerprint density at radius 1 is 1.00 bits per heavy atom.